The number of amides is 2. The molecule has 1 heterocycles. The highest BCUT2D eigenvalue weighted by atomic mass is 32.1. The number of aromatic nitrogens is 1. The van der Waals surface area contributed by atoms with E-state index in [4.69, 9.17) is 0 Å². The maximum Gasteiger partial charge on any atom is 0.416 e. The topological polar surface area (TPSA) is 54.0 Å². The van der Waals surface area contributed by atoms with Gasteiger partial charge in [-0.15, -0.1) is 11.3 Å². The van der Waals surface area contributed by atoms with Crippen LogP contribution in [0.1, 0.15) is 16.7 Å². The van der Waals surface area contributed by atoms with Crippen LogP contribution in [0, 0.1) is 13.8 Å². The molecule has 3 rings (SSSR count). The Morgan fingerprint density at radius 3 is 2.52 bits per heavy atom. The van der Waals surface area contributed by atoms with Crippen molar-refractivity contribution in [3.8, 4) is 11.3 Å². The number of nitrogens with one attached hydrogen (secondary N) is 2. The van der Waals surface area contributed by atoms with Gasteiger partial charge in [0.1, 0.15) is 0 Å². The van der Waals surface area contributed by atoms with Crippen molar-refractivity contribution in [2.24, 2.45) is 0 Å². The lowest BCUT2D eigenvalue weighted by molar-refractivity contribution is -0.137. The van der Waals surface area contributed by atoms with Gasteiger partial charge in [0, 0.05) is 16.6 Å². The van der Waals surface area contributed by atoms with Crippen LogP contribution in [0.2, 0.25) is 0 Å². The van der Waals surface area contributed by atoms with Gasteiger partial charge in [0.05, 0.1) is 11.3 Å². The highest BCUT2D eigenvalue weighted by molar-refractivity contribution is 7.14. The van der Waals surface area contributed by atoms with Crippen molar-refractivity contribution in [2.75, 3.05) is 10.6 Å². The number of anilines is 2. The monoisotopic (exact) mass is 391 g/mol. The van der Waals surface area contributed by atoms with Crippen LogP contribution in [0.15, 0.2) is 47.8 Å². The SMILES string of the molecule is Cc1ccc(-c2csc(NC(=O)Nc3cccc(C(F)(F)F)c3)n2)cc1C. The van der Waals surface area contributed by atoms with Crippen LogP contribution in [-0.2, 0) is 6.18 Å². The fourth-order valence-corrected chi connectivity index (χ4v) is 3.11. The summed E-state index contributed by atoms with van der Waals surface area (Å²) in [6.07, 6.45) is -4.47. The van der Waals surface area contributed by atoms with Gasteiger partial charge in [-0.05, 0) is 49.2 Å². The van der Waals surface area contributed by atoms with Gasteiger partial charge < -0.3 is 5.32 Å². The summed E-state index contributed by atoms with van der Waals surface area (Å²) in [4.78, 5) is 16.4. The Hall–Kier alpha value is -2.87. The molecule has 140 valence electrons. The molecule has 0 fully saturated rings. The second-order valence-corrected chi connectivity index (χ2v) is 6.85. The fraction of sp³-hybridized carbons (Fsp3) is 0.158. The zero-order valence-electron chi connectivity index (χ0n) is 14.5. The number of benzene rings is 2. The van der Waals surface area contributed by atoms with Gasteiger partial charge in [-0.25, -0.2) is 9.78 Å². The van der Waals surface area contributed by atoms with E-state index in [0.29, 0.717) is 5.13 Å². The molecule has 0 radical (unpaired) electrons. The van der Waals surface area contributed by atoms with Crippen LogP contribution in [0.25, 0.3) is 11.3 Å². The maximum absolute atomic E-state index is 12.7. The minimum Gasteiger partial charge on any atom is -0.308 e. The number of alkyl halides is 3. The number of aryl methyl sites for hydroxylation is 2. The number of hydrogen-bond acceptors (Lipinski definition) is 3. The smallest absolute Gasteiger partial charge is 0.308 e. The summed E-state index contributed by atoms with van der Waals surface area (Å²) in [5.74, 6) is 0. The number of nitrogens with zero attached hydrogens (tertiary/aromatic N) is 1. The first kappa shape index (κ1) is 18.9. The van der Waals surface area contributed by atoms with Crippen molar-refractivity contribution in [2.45, 2.75) is 20.0 Å². The predicted octanol–water partition coefficient (Wildman–Crippen LogP) is 6.09. The van der Waals surface area contributed by atoms with Crippen molar-refractivity contribution in [1.82, 2.24) is 4.98 Å². The van der Waals surface area contributed by atoms with Gasteiger partial charge in [0.2, 0.25) is 0 Å². The number of thiazole rings is 1. The van der Waals surface area contributed by atoms with E-state index in [1.807, 2.05) is 37.4 Å². The quantitative estimate of drug-likeness (QED) is 0.568. The molecule has 2 N–H and O–H groups in total. The van der Waals surface area contributed by atoms with Crippen LogP contribution in [0.3, 0.4) is 0 Å². The molecule has 2 amide bonds. The number of carbonyl (C=O) groups is 1. The number of carbonyl (C=O) groups excluding carboxylic acids is 1. The van der Waals surface area contributed by atoms with E-state index < -0.39 is 17.8 Å². The molecule has 27 heavy (non-hydrogen) atoms. The molecule has 0 saturated heterocycles. The minimum absolute atomic E-state index is 0.0493. The number of halogens is 3. The molecule has 0 atom stereocenters. The summed E-state index contributed by atoms with van der Waals surface area (Å²) in [5.41, 5.74) is 3.18. The molecule has 8 heteroatoms. The van der Waals surface area contributed by atoms with E-state index in [1.54, 1.807) is 0 Å². The maximum atomic E-state index is 12.7. The van der Waals surface area contributed by atoms with Gasteiger partial charge >= 0.3 is 12.2 Å². The van der Waals surface area contributed by atoms with Gasteiger partial charge in [-0.2, -0.15) is 13.2 Å². The highest BCUT2D eigenvalue weighted by Gasteiger charge is 2.30. The van der Waals surface area contributed by atoms with Gasteiger partial charge in [0.25, 0.3) is 0 Å². The molecule has 0 unspecified atom stereocenters. The summed E-state index contributed by atoms with van der Waals surface area (Å²) in [5, 5.41) is 7.09. The van der Waals surface area contributed by atoms with Crippen LogP contribution >= 0.6 is 11.3 Å². The molecule has 0 aliphatic rings. The number of rotatable bonds is 3. The average Bonchev–Trinajstić information content (AvgIpc) is 3.05. The van der Waals surface area contributed by atoms with Crippen LogP contribution in [-0.4, -0.2) is 11.0 Å². The van der Waals surface area contributed by atoms with Crippen molar-refractivity contribution in [3.63, 3.8) is 0 Å². The van der Waals surface area contributed by atoms with E-state index in [0.717, 1.165) is 29.0 Å². The van der Waals surface area contributed by atoms with E-state index in [1.165, 1.54) is 29.0 Å². The molecular weight excluding hydrogens is 375 g/mol. The lowest BCUT2D eigenvalue weighted by Crippen LogP contribution is -2.19. The summed E-state index contributed by atoms with van der Waals surface area (Å²) in [6, 6.07) is 9.74. The molecule has 0 bridgehead atoms. The van der Waals surface area contributed by atoms with E-state index in [2.05, 4.69) is 15.6 Å². The van der Waals surface area contributed by atoms with Gasteiger partial charge in [0.15, 0.2) is 5.13 Å². The highest BCUT2D eigenvalue weighted by Crippen LogP contribution is 2.31. The van der Waals surface area contributed by atoms with Crippen molar-refractivity contribution in [1.29, 1.82) is 0 Å². The Kier molecular flexibility index (Phi) is 5.18. The second kappa shape index (κ2) is 7.40. The van der Waals surface area contributed by atoms with Crippen LogP contribution in [0.4, 0.5) is 28.8 Å². The predicted molar refractivity (Wildman–Crippen MR) is 101 cm³/mol. The summed E-state index contributed by atoms with van der Waals surface area (Å²) in [6.45, 7) is 4.03. The van der Waals surface area contributed by atoms with Crippen molar-refractivity contribution < 1.29 is 18.0 Å². The Morgan fingerprint density at radius 2 is 1.81 bits per heavy atom. The first-order valence-electron chi connectivity index (χ1n) is 8.01. The Morgan fingerprint density at radius 1 is 1.04 bits per heavy atom. The molecule has 0 spiro atoms. The standard InChI is InChI=1S/C19H16F3N3OS/c1-11-6-7-13(8-12(11)2)16-10-27-18(24-16)25-17(26)23-15-5-3-4-14(9-15)19(20,21)22/h3-10H,1-2H3,(H2,23,24,25,26). The van der Waals surface area contributed by atoms with Crippen molar-refractivity contribution in [3.05, 3.63) is 64.5 Å². The third-order valence-corrected chi connectivity index (χ3v) is 4.73. The Bertz CT molecular complexity index is 982. The lowest BCUT2D eigenvalue weighted by Gasteiger charge is -2.09. The molecule has 0 saturated carbocycles. The largest absolute Gasteiger partial charge is 0.416 e. The van der Waals surface area contributed by atoms with E-state index in [9.17, 15) is 18.0 Å². The van der Waals surface area contributed by atoms with Crippen molar-refractivity contribution >= 4 is 28.2 Å². The third-order valence-electron chi connectivity index (χ3n) is 3.98. The Labute approximate surface area is 158 Å². The van der Waals surface area contributed by atoms with Gasteiger partial charge in [-0.1, -0.05) is 18.2 Å². The lowest BCUT2D eigenvalue weighted by atomic mass is 10.1. The summed E-state index contributed by atoms with van der Waals surface area (Å²) in [7, 11) is 0. The molecule has 1 aromatic heterocycles. The van der Waals surface area contributed by atoms with Gasteiger partial charge in [-0.3, -0.25) is 5.32 Å². The average molecular weight is 391 g/mol. The summed E-state index contributed by atoms with van der Waals surface area (Å²) < 4.78 is 38.2. The second-order valence-electron chi connectivity index (χ2n) is 5.99. The van der Waals surface area contributed by atoms with E-state index in [-0.39, 0.29) is 5.69 Å². The molecule has 0 aliphatic carbocycles. The van der Waals surface area contributed by atoms with Crippen LogP contribution < -0.4 is 10.6 Å². The molecular formula is C19H16F3N3OS. The number of hydrogen-bond donors (Lipinski definition) is 2. The van der Waals surface area contributed by atoms with E-state index >= 15 is 0 Å². The Balaban J connectivity index is 1.68. The molecule has 4 nitrogen and oxygen atoms in total. The molecule has 2 aromatic carbocycles. The first-order valence-corrected chi connectivity index (χ1v) is 8.89. The minimum atomic E-state index is -4.47. The normalized spacial score (nSPS) is 11.3. The molecule has 3 aromatic rings. The number of urea groups is 1. The fourth-order valence-electron chi connectivity index (χ4n) is 2.40. The first-order chi connectivity index (χ1) is 12.7. The molecule has 0 aliphatic heterocycles. The summed E-state index contributed by atoms with van der Waals surface area (Å²) >= 11 is 1.24. The van der Waals surface area contributed by atoms with Crippen LogP contribution in [0.5, 0.6) is 0 Å². The zero-order chi connectivity index (χ0) is 19.6. The third kappa shape index (κ3) is 4.65. The zero-order valence-corrected chi connectivity index (χ0v) is 15.3.